The lowest BCUT2D eigenvalue weighted by Gasteiger charge is -2.04. The monoisotopic (exact) mass is 227 g/mol. The second kappa shape index (κ2) is 3.71. The Morgan fingerprint density at radius 3 is 1.47 bits per heavy atom. The molecule has 0 unspecified atom stereocenters. The molecule has 3 nitrogen and oxygen atoms in total. The maximum absolute atomic E-state index is 12.6. The Morgan fingerprint density at radius 1 is 0.800 bits per heavy atom. The Kier molecular flexibility index (Phi) is 2.78. The van der Waals surface area contributed by atoms with Gasteiger partial charge in [0, 0.05) is 0 Å². The van der Waals surface area contributed by atoms with Crippen LogP contribution < -0.4 is 4.74 Å². The fourth-order valence-corrected chi connectivity index (χ4v) is 0.758. The minimum atomic E-state index is -2.45. The van der Waals surface area contributed by atoms with Gasteiger partial charge in [-0.1, -0.05) is 0 Å². The summed E-state index contributed by atoms with van der Waals surface area (Å²) in [4.78, 5) is 9.78. The van der Waals surface area contributed by atoms with Gasteiger partial charge in [-0.3, -0.25) is 0 Å². The summed E-state index contributed by atoms with van der Waals surface area (Å²) in [6.45, 7) is 0. The molecule has 0 saturated carbocycles. The SMILES string of the molecule is [O]C(=O)Oc1c(F)c(F)c(F)c(F)c1F. The van der Waals surface area contributed by atoms with E-state index in [1.807, 2.05) is 0 Å². The predicted octanol–water partition coefficient (Wildman–Crippen LogP) is 2.31. The van der Waals surface area contributed by atoms with Crippen LogP contribution in [0.5, 0.6) is 5.75 Å². The second-order valence-electron chi connectivity index (χ2n) is 2.25. The molecule has 0 aromatic heterocycles. The van der Waals surface area contributed by atoms with E-state index >= 15 is 0 Å². The molecule has 8 heteroatoms. The van der Waals surface area contributed by atoms with E-state index < -0.39 is 41.0 Å². The van der Waals surface area contributed by atoms with Crippen molar-refractivity contribution < 1.29 is 36.6 Å². The largest absolute Gasteiger partial charge is 0.555 e. The quantitative estimate of drug-likeness (QED) is 0.243. The maximum Gasteiger partial charge on any atom is 0.555 e. The third kappa shape index (κ3) is 1.83. The van der Waals surface area contributed by atoms with Crippen molar-refractivity contribution in [2.75, 3.05) is 0 Å². The van der Waals surface area contributed by atoms with E-state index in [1.54, 1.807) is 0 Å². The zero-order valence-corrected chi connectivity index (χ0v) is 6.61. The highest BCUT2D eigenvalue weighted by Gasteiger charge is 2.28. The van der Waals surface area contributed by atoms with Crippen molar-refractivity contribution >= 4 is 6.16 Å². The summed E-state index contributed by atoms with van der Waals surface area (Å²) in [5, 5.41) is 9.78. The lowest BCUT2D eigenvalue weighted by atomic mass is 10.3. The minimum absolute atomic E-state index is 1.91. The first-order chi connectivity index (χ1) is 6.86. The topological polar surface area (TPSA) is 46.2 Å². The summed E-state index contributed by atoms with van der Waals surface area (Å²) in [7, 11) is 0. The molecule has 0 aliphatic carbocycles. The van der Waals surface area contributed by atoms with Crippen LogP contribution in [-0.2, 0) is 5.11 Å². The molecule has 0 heterocycles. The van der Waals surface area contributed by atoms with E-state index in [-0.39, 0.29) is 0 Å². The van der Waals surface area contributed by atoms with Crippen molar-refractivity contribution in [3.8, 4) is 5.75 Å². The fraction of sp³-hybridized carbons (Fsp3) is 0. The van der Waals surface area contributed by atoms with Crippen LogP contribution in [0.2, 0.25) is 0 Å². The highest BCUT2D eigenvalue weighted by molar-refractivity contribution is 5.61. The summed E-state index contributed by atoms with van der Waals surface area (Å²) in [6, 6.07) is 0. The molecule has 0 atom stereocenters. The fourth-order valence-electron chi connectivity index (χ4n) is 0.758. The van der Waals surface area contributed by atoms with Crippen LogP contribution in [0.3, 0.4) is 0 Å². The third-order valence-electron chi connectivity index (χ3n) is 1.35. The molecule has 15 heavy (non-hydrogen) atoms. The van der Waals surface area contributed by atoms with Crippen LogP contribution in [0.1, 0.15) is 0 Å². The number of benzene rings is 1. The van der Waals surface area contributed by atoms with Crippen molar-refractivity contribution in [1.29, 1.82) is 0 Å². The highest BCUT2D eigenvalue weighted by atomic mass is 19.2. The van der Waals surface area contributed by atoms with Crippen molar-refractivity contribution in [1.82, 2.24) is 0 Å². The zero-order valence-electron chi connectivity index (χ0n) is 6.61. The van der Waals surface area contributed by atoms with Gasteiger partial charge in [-0.05, 0) is 0 Å². The van der Waals surface area contributed by atoms with E-state index in [4.69, 9.17) is 0 Å². The van der Waals surface area contributed by atoms with Gasteiger partial charge in [-0.2, -0.15) is 18.7 Å². The van der Waals surface area contributed by atoms with Crippen LogP contribution in [0.25, 0.3) is 0 Å². The second-order valence-corrected chi connectivity index (χ2v) is 2.25. The van der Waals surface area contributed by atoms with Gasteiger partial charge in [0.05, 0.1) is 0 Å². The molecular weight excluding hydrogens is 227 g/mol. The standard InChI is InChI=1S/C7F5O3/c8-1-2(9)4(11)6(15-7(13)14)5(12)3(1)10. The van der Waals surface area contributed by atoms with E-state index in [9.17, 15) is 31.9 Å². The molecule has 0 aliphatic rings. The van der Waals surface area contributed by atoms with Gasteiger partial charge in [-0.15, -0.1) is 0 Å². The first-order valence-corrected chi connectivity index (χ1v) is 3.26. The average Bonchev–Trinajstić information content (AvgIpc) is 2.18. The molecular formula is C7F5O3. The number of rotatable bonds is 1. The molecule has 81 valence electrons. The van der Waals surface area contributed by atoms with Gasteiger partial charge < -0.3 is 4.74 Å². The average molecular weight is 227 g/mol. The summed E-state index contributed by atoms with van der Waals surface area (Å²) >= 11 is 0. The van der Waals surface area contributed by atoms with E-state index in [1.165, 1.54) is 0 Å². The van der Waals surface area contributed by atoms with Crippen LogP contribution in [0.4, 0.5) is 26.7 Å². The summed E-state index contributed by atoms with van der Waals surface area (Å²) in [5.41, 5.74) is 0. The van der Waals surface area contributed by atoms with Gasteiger partial charge >= 0.3 is 6.16 Å². The van der Waals surface area contributed by atoms with Crippen molar-refractivity contribution in [2.24, 2.45) is 0 Å². The first-order valence-electron chi connectivity index (χ1n) is 3.26. The minimum Gasteiger partial charge on any atom is -0.386 e. The molecule has 0 aliphatic heterocycles. The summed E-state index contributed by atoms with van der Waals surface area (Å²) in [6.07, 6.45) is -2.45. The normalized spacial score (nSPS) is 10.2. The van der Waals surface area contributed by atoms with Crippen molar-refractivity contribution in [3.63, 3.8) is 0 Å². The lowest BCUT2D eigenvalue weighted by molar-refractivity contribution is 0.112. The molecule has 0 bridgehead atoms. The Labute approximate surface area is 78.7 Å². The van der Waals surface area contributed by atoms with Gasteiger partial charge in [-0.25, -0.2) is 13.2 Å². The number of hydrogen-bond acceptors (Lipinski definition) is 2. The number of halogens is 5. The van der Waals surface area contributed by atoms with Crippen LogP contribution in [-0.4, -0.2) is 6.16 Å². The van der Waals surface area contributed by atoms with Crippen molar-refractivity contribution in [3.05, 3.63) is 29.1 Å². The first kappa shape index (κ1) is 11.2. The smallest absolute Gasteiger partial charge is 0.386 e. The van der Waals surface area contributed by atoms with E-state index in [2.05, 4.69) is 4.74 Å². The number of carbonyl (C=O) groups is 1. The Morgan fingerprint density at radius 2 is 1.13 bits per heavy atom. The molecule has 0 amide bonds. The zero-order chi connectivity index (χ0) is 11.7. The molecule has 1 radical (unpaired) electrons. The Bertz CT molecular complexity index is 402. The lowest BCUT2D eigenvalue weighted by Crippen LogP contribution is -2.10. The maximum atomic E-state index is 12.6. The Hall–Kier alpha value is -1.86. The number of ether oxygens (including phenoxy) is 1. The number of carbonyl (C=O) groups excluding carboxylic acids is 1. The van der Waals surface area contributed by atoms with Crippen LogP contribution in [0, 0.1) is 29.1 Å². The van der Waals surface area contributed by atoms with Crippen LogP contribution >= 0.6 is 0 Å². The molecule has 1 aromatic rings. The molecule has 0 fully saturated rings. The van der Waals surface area contributed by atoms with Gasteiger partial charge in [0.2, 0.25) is 34.8 Å². The summed E-state index contributed by atoms with van der Waals surface area (Å²) in [5.74, 6) is -13.7. The van der Waals surface area contributed by atoms with Crippen LogP contribution in [0.15, 0.2) is 0 Å². The molecule has 1 rings (SSSR count). The Balaban J connectivity index is 3.45. The third-order valence-corrected chi connectivity index (χ3v) is 1.35. The predicted molar refractivity (Wildman–Crippen MR) is 32.9 cm³/mol. The van der Waals surface area contributed by atoms with E-state index in [0.29, 0.717) is 0 Å². The summed E-state index contributed by atoms with van der Waals surface area (Å²) < 4.78 is 65.7. The molecule has 0 saturated heterocycles. The van der Waals surface area contributed by atoms with Crippen molar-refractivity contribution in [2.45, 2.75) is 0 Å². The van der Waals surface area contributed by atoms with Gasteiger partial charge in [0.1, 0.15) is 0 Å². The van der Waals surface area contributed by atoms with Gasteiger partial charge in [0.15, 0.2) is 0 Å². The van der Waals surface area contributed by atoms with E-state index in [0.717, 1.165) is 0 Å². The number of hydrogen-bond donors (Lipinski definition) is 0. The molecule has 0 spiro atoms. The highest BCUT2D eigenvalue weighted by Crippen LogP contribution is 2.28. The van der Waals surface area contributed by atoms with Gasteiger partial charge in [0.25, 0.3) is 0 Å². The molecule has 1 aromatic carbocycles. The molecule has 0 N–H and O–H groups in total.